The third kappa shape index (κ3) is 3.09. The second kappa shape index (κ2) is 5.92. The lowest BCUT2D eigenvalue weighted by Crippen LogP contribution is -2.06. The minimum atomic E-state index is -0.585. The van der Waals surface area contributed by atoms with Gasteiger partial charge in [0.2, 0.25) is 5.90 Å². The quantitative estimate of drug-likeness (QED) is 0.279. The Bertz CT molecular complexity index is 409. The van der Waals surface area contributed by atoms with Crippen molar-refractivity contribution in [3.63, 3.8) is 0 Å². The van der Waals surface area contributed by atoms with E-state index in [9.17, 15) is 10.1 Å². The minimum absolute atomic E-state index is 0. The molecular weight excluding hydrogens is 234 g/mol. The number of ether oxygens (including phenoxy) is 1. The maximum absolute atomic E-state index is 10.6. The molecule has 0 aliphatic rings. The first-order valence-corrected chi connectivity index (χ1v) is 4.32. The van der Waals surface area contributed by atoms with Crippen LogP contribution in [0.2, 0.25) is 0 Å². The number of hydrogen-bond acceptors (Lipinski definition) is 5. The van der Waals surface area contributed by atoms with Crippen LogP contribution in [0.5, 0.6) is 0 Å². The number of nitrogens with one attached hydrogen (secondary N) is 1. The minimum Gasteiger partial charge on any atom is -0.478 e. The van der Waals surface area contributed by atoms with Crippen molar-refractivity contribution in [2.45, 2.75) is 6.92 Å². The fourth-order valence-corrected chi connectivity index (χ4v) is 1.07. The number of halogens is 1. The van der Waals surface area contributed by atoms with Crippen LogP contribution in [0.25, 0.3) is 0 Å². The highest BCUT2D eigenvalue weighted by atomic mass is 35.5. The lowest BCUT2D eigenvalue weighted by molar-refractivity contribution is -0.383. The third-order valence-electron chi connectivity index (χ3n) is 1.78. The molecule has 0 saturated carbocycles. The van der Waals surface area contributed by atoms with Gasteiger partial charge in [-0.2, -0.15) is 0 Å². The van der Waals surface area contributed by atoms with Crippen LogP contribution in [0.1, 0.15) is 12.5 Å². The Morgan fingerprint density at radius 3 is 2.75 bits per heavy atom. The molecule has 0 atom stereocenters. The van der Waals surface area contributed by atoms with E-state index >= 15 is 0 Å². The number of nitrogens with zero attached hydrogens (tertiary/aromatic N) is 1. The summed E-state index contributed by atoms with van der Waals surface area (Å²) in [5.74, 6) is -0.0967. The molecule has 7 heteroatoms. The average molecular weight is 246 g/mol. The number of rotatable bonds is 3. The van der Waals surface area contributed by atoms with Crippen molar-refractivity contribution < 1.29 is 9.66 Å². The molecule has 0 bridgehead atoms. The van der Waals surface area contributed by atoms with Gasteiger partial charge in [0.1, 0.15) is 5.69 Å². The molecule has 6 nitrogen and oxygen atoms in total. The summed E-state index contributed by atoms with van der Waals surface area (Å²) in [5, 5.41) is 18.0. The van der Waals surface area contributed by atoms with E-state index in [1.807, 2.05) is 0 Å². The summed E-state index contributed by atoms with van der Waals surface area (Å²) in [7, 11) is 0. The average Bonchev–Trinajstić information content (AvgIpc) is 2.18. The normalized spacial score (nSPS) is 9.06. The lowest BCUT2D eigenvalue weighted by Gasteiger charge is -2.05. The number of hydrogen-bond donors (Lipinski definition) is 2. The van der Waals surface area contributed by atoms with E-state index in [-0.39, 0.29) is 29.7 Å². The van der Waals surface area contributed by atoms with E-state index in [0.29, 0.717) is 12.2 Å². The van der Waals surface area contributed by atoms with Crippen LogP contribution in [-0.2, 0) is 4.74 Å². The van der Waals surface area contributed by atoms with Crippen LogP contribution in [-0.4, -0.2) is 17.4 Å². The van der Waals surface area contributed by atoms with Gasteiger partial charge in [0.15, 0.2) is 0 Å². The summed E-state index contributed by atoms with van der Waals surface area (Å²) in [6.45, 7) is 2.08. The zero-order chi connectivity index (χ0) is 11.4. The molecule has 0 amide bonds. The summed E-state index contributed by atoms with van der Waals surface area (Å²) < 4.78 is 4.92. The number of nitrogens with two attached hydrogens (primary N) is 1. The number of anilines is 1. The van der Waals surface area contributed by atoms with Crippen LogP contribution in [0.4, 0.5) is 11.4 Å². The molecule has 0 aliphatic carbocycles. The highest BCUT2D eigenvalue weighted by molar-refractivity contribution is 5.93. The van der Waals surface area contributed by atoms with E-state index in [2.05, 4.69) is 0 Å². The molecule has 0 saturated heterocycles. The molecule has 1 aromatic rings. The van der Waals surface area contributed by atoms with Crippen LogP contribution >= 0.6 is 12.4 Å². The van der Waals surface area contributed by atoms with E-state index in [1.165, 1.54) is 18.2 Å². The number of benzene rings is 1. The number of nitro benzene ring substituents is 1. The molecule has 1 rings (SSSR count). The predicted molar refractivity (Wildman–Crippen MR) is 63.2 cm³/mol. The van der Waals surface area contributed by atoms with E-state index in [1.54, 1.807) is 6.92 Å². The standard InChI is InChI=1S/C9H11N3O3.ClH/c1-2-15-9(11)6-3-4-7(10)8(5-6)12(13)14;/h3-5,11H,2,10H2,1H3;1H. The van der Waals surface area contributed by atoms with Crippen molar-refractivity contribution in [1.29, 1.82) is 5.41 Å². The first-order chi connectivity index (χ1) is 7.06. The number of nitrogen functional groups attached to an aromatic ring is 1. The maximum atomic E-state index is 10.6. The molecule has 88 valence electrons. The molecule has 0 fully saturated rings. The molecule has 0 heterocycles. The van der Waals surface area contributed by atoms with Gasteiger partial charge in [-0.15, -0.1) is 12.4 Å². The molecule has 0 radical (unpaired) electrons. The van der Waals surface area contributed by atoms with Gasteiger partial charge in [-0.1, -0.05) is 0 Å². The Kier molecular flexibility index (Phi) is 5.24. The van der Waals surface area contributed by atoms with Gasteiger partial charge in [-0.25, -0.2) is 0 Å². The molecule has 0 aromatic heterocycles. The monoisotopic (exact) mass is 245 g/mol. The summed E-state index contributed by atoms with van der Waals surface area (Å²) >= 11 is 0. The molecule has 3 N–H and O–H groups in total. The zero-order valence-electron chi connectivity index (χ0n) is 8.60. The van der Waals surface area contributed by atoms with Crippen LogP contribution in [0, 0.1) is 15.5 Å². The van der Waals surface area contributed by atoms with Gasteiger partial charge in [0, 0.05) is 11.6 Å². The SMILES string of the molecule is CCOC(=N)c1ccc(N)c([N+](=O)[O-])c1.Cl. The molecule has 0 aliphatic heterocycles. The Morgan fingerprint density at radius 1 is 1.62 bits per heavy atom. The van der Waals surface area contributed by atoms with Gasteiger partial charge in [0.05, 0.1) is 11.5 Å². The van der Waals surface area contributed by atoms with Crippen LogP contribution < -0.4 is 5.73 Å². The van der Waals surface area contributed by atoms with E-state index in [4.69, 9.17) is 15.9 Å². The Balaban J connectivity index is 0.00000225. The van der Waals surface area contributed by atoms with E-state index in [0.717, 1.165) is 0 Å². The topological polar surface area (TPSA) is 102 Å². The largest absolute Gasteiger partial charge is 0.478 e. The van der Waals surface area contributed by atoms with Crippen molar-refractivity contribution in [1.82, 2.24) is 0 Å². The van der Waals surface area contributed by atoms with Crippen molar-refractivity contribution in [3.05, 3.63) is 33.9 Å². The molecule has 16 heavy (non-hydrogen) atoms. The Labute approximate surface area is 98.5 Å². The van der Waals surface area contributed by atoms with Crippen molar-refractivity contribution in [2.75, 3.05) is 12.3 Å². The molecular formula is C9H12ClN3O3. The molecule has 0 unspecified atom stereocenters. The summed E-state index contributed by atoms with van der Waals surface area (Å²) in [4.78, 5) is 9.98. The summed E-state index contributed by atoms with van der Waals surface area (Å²) in [6, 6.07) is 4.13. The first kappa shape index (κ1) is 14.2. The second-order valence-electron chi connectivity index (χ2n) is 2.79. The predicted octanol–water partition coefficient (Wildman–Crippen LogP) is 1.96. The fourth-order valence-electron chi connectivity index (χ4n) is 1.07. The maximum Gasteiger partial charge on any atom is 0.292 e. The van der Waals surface area contributed by atoms with E-state index < -0.39 is 4.92 Å². The van der Waals surface area contributed by atoms with Crippen LogP contribution in [0.15, 0.2) is 18.2 Å². The zero-order valence-corrected chi connectivity index (χ0v) is 9.41. The smallest absolute Gasteiger partial charge is 0.292 e. The Hall–Kier alpha value is -1.82. The number of nitro groups is 1. The van der Waals surface area contributed by atoms with Crippen molar-refractivity contribution in [2.24, 2.45) is 0 Å². The van der Waals surface area contributed by atoms with Crippen molar-refractivity contribution >= 4 is 29.7 Å². The highest BCUT2D eigenvalue weighted by Gasteiger charge is 2.14. The second-order valence-corrected chi connectivity index (χ2v) is 2.79. The lowest BCUT2D eigenvalue weighted by atomic mass is 10.2. The van der Waals surface area contributed by atoms with Gasteiger partial charge in [0.25, 0.3) is 5.69 Å². The Morgan fingerprint density at radius 2 is 2.25 bits per heavy atom. The molecule has 1 aromatic carbocycles. The van der Waals surface area contributed by atoms with Gasteiger partial charge >= 0.3 is 0 Å². The van der Waals surface area contributed by atoms with Gasteiger partial charge < -0.3 is 10.5 Å². The fraction of sp³-hybridized carbons (Fsp3) is 0.222. The van der Waals surface area contributed by atoms with Gasteiger partial charge in [-0.05, 0) is 19.1 Å². The summed E-state index contributed by atoms with van der Waals surface area (Å²) in [6.07, 6.45) is 0. The summed E-state index contributed by atoms with van der Waals surface area (Å²) in [5.41, 5.74) is 5.62. The van der Waals surface area contributed by atoms with Gasteiger partial charge in [-0.3, -0.25) is 15.5 Å². The highest BCUT2D eigenvalue weighted by Crippen LogP contribution is 2.22. The first-order valence-electron chi connectivity index (χ1n) is 4.32. The third-order valence-corrected chi connectivity index (χ3v) is 1.78. The van der Waals surface area contributed by atoms with Crippen LogP contribution in [0.3, 0.4) is 0 Å². The van der Waals surface area contributed by atoms with Crippen molar-refractivity contribution in [3.8, 4) is 0 Å². The molecule has 0 spiro atoms.